The number of nitrogens with one attached hydrogen (secondary N) is 3. The van der Waals surface area contributed by atoms with Gasteiger partial charge in [-0.1, -0.05) is 6.07 Å². The molecule has 1 aromatic rings. The van der Waals surface area contributed by atoms with Gasteiger partial charge >= 0.3 is 0 Å². The van der Waals surface area contributed by atoms with Crippen molar-refractivity contribution in [1.82, 2.24) is 5.32 Å². The number of amides is 2. The number of benzene rings is 1. The highest BCUT2D eigenvalue weighted by Gasteiger charge is 2.18. The van der Waals surface area contributed by atoms with E-state index in [1.54, 1.807) is 0 Å². The van der Waals surface area contributed by atoms with Crippen molar-refractivity contribution in [2.75, 3.05) is 17.2 Å². The molecule has 0 aliphatic carbocycles. The summed E-state index contributed by atoms with van der Waals surface area (Å²) in [4.78, 5) is 23.1. The second-order valence-corrected chi connectivity index (χ2v) is 5.20. The molecule has 2 rings (SSSR count). The second-order valence-electron chi connectivity index (χ2n) is 5.20. The Morgan fingerprint density at radius 1 is 1.30 bits per heavy atom. The number of carbonyl (C=O) groups excluding carboxylic acids is 2. The van der Waals surface area contributed by atoms with Crippen LogP contribution in [0, 0.1) is 6.92 Å². The molecule has 1 heterocycles. The minimum absolute atomic E-state index is 0.00692. The first kappa shape index (κ1) is 14.5. The van der Waals surface area contributed by atoms with Crippen molar-refractivity contribution in [2.45, 2.75) is 39.2 Å². The third-order valence-electron chi connectivity index (χ3n) is 3.51. The van der Waals surface area contributed by atoms with E-state index in [9.17, 15) is 9.59 Å². The van der Waals surface area contributed by atoms with Crippen LogP contribution in [0.1, 0.15) is 31.7 Å². The second kappa shape index (κ2) is 6.52. The Kier molecular flexibility index (Phi) is 4.74. The molecule has 1 fully saturated rings. The molecule has 20 heavy (non-hydrogen) atoms. The van der Waals surface area contributed by atoms with E-state index in [0.29, 0.717) is 6.42 Å². The molecule has 1 aliphatic rings. The highest BCUT2D eigenvalue weighted by atomic mass is 16.2. The highest BCUT2D eigenvalue weighted by Crippen LogP contribution is 2.23. The fraction of sp³-hybridized carbons (Fsp3) is 0.467. The van der Waals surface area contributed by atoms with E-state index in [-0.39, 0.29) is 17.9 Å². The number of hydrogen-bond donors (Lipinski definition) is 3. The molecule has 2 amide bonds. The van der Waals surface area contributed by atoms with Gasteiger partial charge in [0.2, 0.25) is 11.8 Å². The zero-order valence-electron chi connectivity index (χ0n) is 12.0. The van der Waals surface area contributed by atoms with Gasteiger partial charge in [0.15, 0.2) is 0 Å². The number of carbonyl (C=O) groups is 2. The van der Waals surface area contributed by atoms with Crippen LogP contribution in [0.15, 0.2) is 18.2 Å². The Morgan fingerprint density at radius 2 is 2.00 bits per heavy atom. The molecular weight excluding hydrogens is 254 g/mol. The first-order chi connectivity index (χ1) is 9.56. The van der Waals surface area contributed by atoms with E-state index >= 15 is 0 Å². The lowest BCUT2D eigenvalue weighted by Crippen LogP contribution is -2.27. The Labute approximate surface area is 119 Å². The Hall–Kier alpha value is -1.88. The van der Waals surface area contributed by atoms with Crippen LogP contribution in [-0.2, 0) is 9.59 Å². The average molecular weight is 275 g/mol. The van der Waals surface area contributed by atoms with E-state index in [0.717, 1.165) is 36.3 Å². The smallest absolute Gasteiger partial charge is 0.225 e. The Morgan fingerprint density at radius 3 is 2.60 bits per heavy atom. The third kappa shape index (κ3) is 3.81. The predicted octanol–water partition coefficient (Wildman–Crippen LogP) is 2.03. The SMILES string of the molecule is CC(=O)Nc1cccc(NC(=O)CC2CCCN2)c1C. The molecule has 3 N–H and O–H groups in total. The zero-order valence-corrected chi connectivity index (χ0v) is 12.0. The van der Waals surface area contributed by atoms with E-state index in [1.807, 2.05) is 25.1 Å². The van der Waals surface area contributed by atoms with Gasteiger partial charge in [-0.25, -0.2) is 0 Å². The summed E-state index contributed by atoms with van der Waals surface area (Å²) in [6.07, 6.45) is 2.68. The van der Waals surface area contributed by atoms with Crippen LogP contribution in [0.5, 0.6) is 0 Å². The van der Waals surface area contributed by atoms with Crippen molar-refractivity contribution in [1.29, 1.82) is 0 Å². The largest absolute Gasteiger partial charge is 0.326 e. The van der Waals surface area contributed by atoms with Crippen LogP contribution in [0.4, 0.5) is 11.4 Å². The maximum absolute atomic E-state index is 12.0. The van der Waals surface area contributed by atoms with Crippen LogP contribution in [0.25, 0.3) is 0 Å². The molecule has 5 heteroatoms. The topological polar surface area (TPSA) is 70.2 Å². The van der Waals surface area contributed by atoms with Crippen molar-refractivity contribution in [3.05, 3.63) is 23.8 Å². The van der Waals surface area contributed by atoms with Gasteiger partial charge in [-0.3, -0.25) is 9.59 Å². The molecule has 1 saturated heterocycles. The lowest BCUT2D eigenvalue weighted by atomic mass is 10.1. The van der Waals surface area contributed by atoms with E-state index in [1.165, 1.54) is 6.92 Å². The van der Waals surface area contributed by atoms with Gasteiger partial charge in [0, 0.05) is 30.8 Å². The summed E-state index contributed by atoms with van der Waals surface area (Å²) in [5.74, 6) is -0.112. The van der Waals surface area contributed by atoms with Crippen LogP contribution in [0.2, 0.25) is 0 Å². The summed E-state index contributed by atoms with van der Waals surface area (Å²) < 4.78 is 0. The molecule has 0 saturated carbocycles. The van der Waals surface area contributed by atoms with Crippen molar-refractivity contribution in [3.63, 3.8) is 0 Å². The van der Waals surface area contributed by atoms with Gasteiger partial charge in [0.25, 0.3) is 0 Å². The van der Waals surface area contributed by atoms with Crippen molar-refractivity contribution >= 4 is 23.2 Å². The summed E-state index contributed by atoms with van der Waals surface area (Å²) in [7, 11) is 0. The maximum atomic E-state index is 12.0. The van der Waals surface area contributed by atoms with E-state index < -0.39 is 0 Å². The van der Waals surface area contributed by atoms with Crippen molar-refractivity contribution in [3.8, 4) is 0 Å². The summed E-state index contributed by atoms with van der Waals surface area (Å²) >= 11 is 0. The van der Waals surface area contributed by atoms with Gasteiger partial charge in [-0.2, -0.15) is 0 Å². The van der Waals surface area contributed by atoms with Crippen molar-refractivity contribution in [2.24, 2.45) is 0 Å². The first-order valence-electron chi connectivity index (χ1n) is 6.96. The Balaban J connectivity index is 2.01. The summed E-state index contributed by atoms with van der Waals surface area (Å²) in [6, 6.07) is 5.78. The van der Waals surface area contributed by atoms with Gasteiger partial charge in [-0.15, -0.1) is 0 Å². The quantitative estimate of drug-likeness (QED) is 0.787. The molecule has 1 aliphatic heterocycles. The first-order valence-corrected chi connectivity index (χ1v) is 6.96. The molecule has 0 aromatic heterocycles. The fourth-order valence-corrected chi connectivity index (χ4v) is 2.45. The third-order valence-corrected chi connectivity index (χ3v) is 3.51. The van der Waals surface area contributed by atoms with Crippen LogP contribution in [0.3, 0.4) is 0 Å². The molecule has 108 valence electrons. The molecule has 0 bridgehead atoms. The lowest BCUT2D eigenvalue weighted by molar-refractivity contribution is -0.116. The predicted molar refractivity (Wildman–Crippen MR) is 79.8 cm³/mol. The molecule has 1 aromatic carbocycles. The van der Waals surface area contributed by atoms with Crippen LogP contribution in [-0.4, -0.2) is 24.4 Å². The van der Waals surface area contributed by atoms with Crippen molar-refractivity contribution < 1.29 is 9.59 Å². The van der Waals surface area contributed by atoms with E-state index in [2.05, 4.69) is 16.0 Å². The van der Waals surface area contributed by atoms with Gasteiger partial charge < -0.3 is 16.0 Å². The Bertz CT molecular complexity index is 508. The lowest BCUT2D eigenvalue weighted by Gasteiger charge is -2.14. The summed E-state index contributed by atoms with van der Waals surface area (Å²) in [5.41, 5.74) is 2.35. The molecule has 1 unspecified atom stereocenters. The molecule has 5 nitrogen and oxygen atoms in total. The number of anilines is 2. The van der Waals surface area contributed by atoms with Gasteiger partial charge in [0.05, 0.1) is 0 Å². The number of hydrogen-bond acceptors (Lipinski definition) is 3. The fourth-order valence-electron chi connectivity index (χ4n) is 2.45. The zero-order chi connectivity index (χ0) is 14.5. The molecule has 0 spiro atoms. The normalized spacial score (nSPS) is 17.8. The summed E-state index contributed by atoms with van der Waals surface area (Å²) in [6.45, 7) is 4.35. The van der Waals surface area contributed by atoms with E-state index in [4.69, 9.17) is 0 Å². The molecular formula is C15H21N3O2. The monoisotopic (exact) mass is 275 g/mol. The molecule has 1 atom stereocenters. The summed E-state index contributed by atoms with van der Waals surface area (Å²) in [5, 5.41) is 8.99. The average Bonchev–Trinajstić information content (AvgIpc) is 2.86. The van der Waals surface area contributed by atoms with Crippen LogP contribution >= 0.6 is 0 Å². The standard InChI is InChI=1S/C15H21N3O2/c1-10-13(17-11(2)19)6-3-7-14(10)18-15(20)9-12-5-4-8-16-12/h3,6-7,12,16H,4-5,8-9H2,1-2H3,(H,17,19)(H,18,20). The highest BCUT2D eigenvalue weighted by molar-refractivity contribution is 5.95. The van der Waals surface area contributed by atoms with Gasteiger partial charge in [0.1, 0.15) is 0 Å². The number of rotatable bonds is 4. The van der Waals surface area contributed by atoms with Crippen LogP contribution < -0.4 is 16.0 Å². The van der Waals surface area contributed by atoms with Gasteiger partial charge in [-0.05, 0) is 44.0 Å². The molecule has 0 radical (unpaired) electrons. The minimum Gasteiger partial charge on any atom is -0.326 e. The minimum atomic E-state index is -0.119. The maximum Gasteiger partial charge on any atom is 0.225 e.